The molecule has 1 aliphatic heterocycles. The Kier molecular flexibility index (Phi) is 4.10. The van der Waals surface area contributed by atoms with E-state index in [0.717, 1.165) is 37.3 Å². The molecule has 0 radical (unpaired) electrons. The van der Waals surface area contributed by atoms with Gasteiger partial charge in [-0.3, -0.25) is 0 Å². The van der Waals surface area contributed by atoms with Crippen molar-refractivity contribution < 1.29 is 18.8 Å². The van der Waals surface area contributed by atoms with Gasteiger partial charge in [0.2, 0.25) is 0 Å². The van der Waals surface area contributed by atoms with Gasteiger partial charge in [-0.2, -0.15) is 0 Å². The monoisotopic (exact) mass is 200 g/mol. The minimum atomic E-state index is -0.343. The predicted molar refractivity (Wildman–Crippen MR) is 52.8 cm³/mol. The van der Waals surface area contributed by atoms with Gasteiger partial charge in [-0.05, 0) is 0 Å². The number of esters is 1. The lowest BCUT2D eigenvalue weighted by molar-refractivity contribution is -0.917. The van der Waals surface area contributed by atoms with Crippen molar-refractivity contribution in [3.8, 4) is 0 Å². The lowest BCUT2D eigenvalue weighted by Gasteiger charge is -2.37. The van der Waals surface area contributed by atoms with E-state index in [1.54, 1.807) is 0 Å². The molecular formula is C10H18NO3+. The standard InChI is InChI=1S/C10H18NO3/c1-3-10(12)14-9-6-11(2)4-7-13-8-5-11/h3H,1,4-9H2,2H3/q+1. The molecule has 0 bridgehead atoms. The molecule has 1 heterocycles. The van der Waals surface area contributed by atoms with Crippen LogP contribution in [0.3, 0.4) is 0 Å². The molecule has 0 aromatic rings. The van der Waals surface area contributed by atoms with Gasteiger partial charge in [-0.1, -0.05) is 6.58 Å². The number of hydrogen-bond acceptors (Lipinski definition) is 3. The third-order valence-electron chi connectivity index (χ3n) is 2.59. The first-order valence-corrected chi connectivity index (χ1v) is 4.87. The molecule has 1 fully saturated rings. The average Bonchev–Trinajstić information content (AvgIpc) is 2.18. The van der Waals surface area contributed by atoms with Gasteiger partial charge < -0.3 is 14.0 Å². The molecule has 1 rings (SSSR count). The summed E-state index contributed by atoms with van der Waals surface area (Å²) in [6.07, 6.45) is 1.19. The molecule has 0 N–H and O–H groups in total. The summed E-state index contributed by atoms with van der Waals surface area (Å²) in [5.74, 6) is -0.343. The number of likely N-dealkylation sites (N-methyl/N-ethyl adjacent to an activating group) is 1. The third kappa shape index (κ3) is 3.47. The lowest BCUT2D eigenvalue weighted by Crippen LogP contribution is -2.53. The van der Waals surface area contributed by atoms with Gasteiger partial charge in [0.1, 0.15) is 26.2 Å². The van der Waals surface area contributed by atoms with Crippen molar-refractivity contribution >= 4 is 5.97 Å². The van der Waals surface area contributed by atoms with Crippen LogP contribution in [0.2, 0.25) is 0 Å². The molecule has 0 aliphatic carbocycles. The maximum Gasteiger partial charge on any atom is 0.330 e. The molecule has 1 aliphatic rings. The molecule has 80 valence electrons. The summed E-state index contributed by atoms with van der Waals surface area (Å²) in [7, 11) is 2.16. The summed E-state index contributed by atoms with van der Waals surface area (Å²) in [6, 6.07) is 0. The SMILES string of the molecule is C=CC(=O)OCC[N+]1(C)CCOCC1. The Morgan fingerprint density at radius 3 is 2.79 bits per heavy atom. The number of quaternary nitrogens is 1. The van der Waals surface area contributed by atoms with E-state index in [0.29, 0.717) is 6.61 Å². The first-order chi connectivity index (χ1) is 6.66. The van der Waals surface area contributed by atoms with Crippen LogP contribution < -0.4 is 0 Å². The average molecular weight is 200 g/mol. The van der Waals surface area contributed by atoms with Crippen LogP contribution in [0.15, 0.2) is 12.7 Å². The molecule has 4 heteroatoms. The first-order valence-electron chi connectivity index (χ1n) is 4.87. The number of carbonyl (C=O) groups excluding carboxylic acids is 1. The summed E-state index contributed by atoms with van der Waals surface area (Å²) < 4.78 is 11.1. The number of ether oxygens (including phenoxy) is 2. The van der Waals surface area contributed by atoms with Crippen molar-refractivity contribution in [1.82, 2.24) is 0 Å². The van der Waals surface area contributed by atoms with Crippen LogP contribution >= 0.6 is 0 Å². The second-order valence-corrected chi connectivity index (χ2v) is 3.77. The van der Waals surface area contributed by atoms with Crippen molar-refractivity contribution in [2.24, 2.45) is 0 Å². The molecule has 0 amide bonds. The predicted octanol–water partition coefficient (Wildman–Crippen LogP) is 0.192. The van der Waals surface area contributed by atoms with Crippen LogP contribution in [0.4, 0.5) is 0 Å². The molecule has 1 saturated heterocycles. The van der Waals surface area contributed by atoms with E-state index in [9.17, 15) is 4.79 Å². The zero-order valence-electron chi connectivity index (χ0n) is 8.70. The number of carbonyl (C=O) groups is 1. The summed E-state index contributed by atoms with van der Waals surface area (Å²) in [5.41, 5.74) is 0. The van der Waals surface area contributed by atoms with Crippen molar-refractivity contribution in [2.75, 3.05) is 46.5 Å². The Morgan fingerprint density at radius 2 is 2.21 bits per heavy atom. The maximum absolute atomic E-state index is 10.8. The molecule has 4 nitrogen and oxygen atoms in total. The normalized spacial score (nSPS) is 20.1. The summed E-state index contributed by atoms with van der Waals surface area (Å²) in [4.78, 5) is 10.8. The molecular weight excluding hydrogens is 182 g/mol. The van der Waals surface area contributed by atoms with E-state index in [1.807, 2.05) is 0 Å². The molecule has 0 aromatic heterocycles. The van der Waals surface area contributed by atoms with Gasteiger partial charge in [-0.15, -0.1) is 0 Å². The first kappa shape index (κ1) is 11.2. The van der Waals surface area contributed by atoms with Crippen molar-refractivity contribution in [1.29, 1.82) is 0 Å². The molecule has 0 aromatic carbocycles. The molecule has 14 heavy (non-hydrogen) atoms. The topological polar surface area (TPSA) is 35.5 Å². The van der Waals surface area contributed by atoms with E-state index in [4.69, 9.17) is 9.47 Å². The second kappa shape index (κ2) is 5.12. The molecule has 0 spiro atoms. The summed E-state index contributed by atoms with van der Waals surface area (Å²) in [5, 5.41) is 0. The quantitative estimate of drug-likeness (QED) is 0.369. The number of nitrogens with zero attached hydrogens (tertiary/aromatic N) is 1. The van der Waals surface area contributed by atoms with E-state index in [-0.39, 0.29) is 5.97 Å². The van der Waals surface area contributed by atoms with E-state index >= 15 is 0 Å². The molecule has 0 atom stereocenters. The minimum Gasteiger partial charge on any atom is -0.457 e. The Labute approximate surface area is 84.7 Å². The van der Waals surface area contributed by atoms with Crippen molar-refractivity contribution in [3.63, 3.8) is 0 Å². The smallest absolute Gasteiger partial charge is 0.330 e. The van der Waals surface area contributed by atoms with Crippen LogP contribution in [0.25, 0.3) is 0 Å². The zero-order valence-corrected chi connectivity index (χ0v) is 8.70. The number of hydrogen-bond donors (Lipinski definition) is 0. The van der Waals surface area contributed by atoms with Crippen LogP contribution in [-0.4, -0.2) is 57.0 Å². The fourth-order valence-electron chi connectivity index (χ4n) is 1.43. The van der Waals surface area contributed by atoms with Gasteiger partial charge in [0.25, 0.3) is 0 Å². The molecule has 0 unspecified atom stereocenters. The Hall–Kier alpha value is -0.870. The van der Waals surface area contributed by atoms with Crippen molar-refractivity contribution in [2.45, 2.75) is 0 Å². The van der Waals surface area contributed by atoms with Crippen LogP contribution in [0.5, 0.6) is 0 Å². The van der Waals surface area contributed by atoms with Gasteiger partial charge in [0.15, 0.2) is 0 Å². The van der Waals surface area contributed by atoms with E-state index in [1.165, 1.54) is 6.08 Å². The minimum absolute atomic E-state index is 0.343. The maximum atomic E-state index is 10.8. The highest BCUT2D eigenvalue weighted by Gasteiger charge is 2.24. The van der Waals surface area contributed by atoms with Gasteiger partial charge in [-0.25, -0.2) is 4.79 Å². The largest absolute Gasteiger partial charge is 0.457 e. The Morgan fingerprint density at radius 1 is 1.57 bits per heavy atom. The fraction of sp³-hybridized carbons (Fsp3) is 0.700. The third-order valence-corrected chi connectivity index (χ3v) is 2.59. The molecule has 0 saturated carbocycles. The van der Waals surface area contributed by atoms with Gasteiger partial charge in [0, 0.05) is 6.08 Å². The summed E-state index contributed by atoms with van der Waals surface area (Å²) in [6.45, 7) is 8.23. The zero-order chi connectivity index (χ0) is 10.4. The van der Waals surface area contributed by atoms with E-state index < -0.39 is 0 Å². The van der Waals surface area contributed by atoms with Gasteiger partial charge in [0.05, 0.1) is 20.3 Å². The number of rotatable bonds is 4. The van der Waals surface area contributed by atoms with Crippen LogP contribution in [-0.2, 0) is 14.3 Å². The van der Waals surface area contributed by atoms with Crippen LogP contribution in [0.1, 0.15) is 0 Å². The highest BCUT2D eigenvalue weighted by Crippen LogP contribution is 2.06. The second-order valence-electron chi connectivity index (χ2n) is 3.77. The fourth-order valence-corrected chi connectivity index (χ4v) is 1.43. The summed E-state index contributed by atoms with van der Waals surface area (Å²) >= 11 is 0. The Balaban J connectivity index is 2.21. The van der Waals surface area contributed by atoms with Crippen molar-refractivity contribution in [3.05, 3.63) is 12.7 Å². The number of morpholine rings is 1. The van der Waals surface area contributed by atoms with Gasteiger partial charge >= 0.3 is 5.97 Å². The lowest BCUT2D eigenvalue weighted by atomic mass is 10.3. The van der Waals surface area contributed by atoms with E-state index in [2.05, 4.69) is 13.6 Å². The van der Waals surface area contributed by atoms with Crippen LogP contribution in [0, 0.1) is 0 Å². The highest BCUT2D eigenvalue weighted by atomic mass is 16.5. The highest BCUT2D eigenvalue weighted by molar-refractivity contribution is 5.81. The Bertz CT molecular complexity index is 209.